The fourth-order valence-electron chi connectivity index (χ4n) is 0.877. The second-order valence-electron chi connectivity index (χ2n) is 3.01. The van der Waals surface area contributed by atoms with Gasteiger partial charge < -0.3 is 10.2 Å². The molecule has 0 amide bonds. The average molecular weight is 161 g/mol. The van der Waals surface area contributed by atoms with Crippen LogP contribution >= 0.6 is 0 Å². The average Bonchev–Trinajstić information content (AvgIpc) is 1.85. The molecule has 0 heterocycles. The molecule has 0 bridgehead atoms. The molecule has 0 saturated carbocycles. The van der Waals surface area contributed by atoms with Crippen LogP contribution in [-0.4, -0.2) is 22.7 Å². The molecule has 3 nitrogen and oxygen atoms in total. The number of aliphatic hydroxyl groups is 2. The van der Waals surface area contributed by atoms with Crippen molar-refractivity contribution < 1.29 is 10.2 Å². The molecule has 3 N–H and O–H groups in total. The summed E-state index contributed by atoms with van der Waals surface area (Å²) in [6.45, 7) is 4.14. The zero-order chi connectivity index (χ0) is 8.74. The van der Waals surface area contributed by atoms with Crippen LogP contribution in [0.15, 0.2) is 0 Å². The van der Waals surface area contributed by atoms with E-state index in [4.69, 9.17) is 10.2 Å². The summed E-state index contributed by atoms with van der Waals surface area (Å²) in [7, 11) is 0. The smallest absolute Gasteiger partial charge is 0.219 e. The summed E-state index contributed by atoms with van der Waals surface area (Å²) in [5.41, 5.74) is 0. The van der Waals surface area contributed by atoms with Gasteiger partial charge in [-0.25, -0.2) is 0 Å². The SMILES string of the molecule is CCCCCCNC(C)(O)O. The minimum Gasteiger partial charge on any atom is -0.354 e. The number of unbranched alkanes of at least 4 members (excludes halogenated alkanes) is 3. The molecule has 11 heavy (non-hydrogen) atoms. The number of hydrogen-bond acceptors (Lipinski definition) is 3. The maximum absolute atomic E-state index is 8.82. The summed E-state index contributed by atoms with van der Waals surface area (Å²) < 4.78 is 0. The second-order valence-corrected chi connectivity index (χ2v) is 3.01. The van der Waals surface area contributed by atoms with E-state index >= 15 is 0 Å². The van der Waals surface area contributed by atoms with E-state index in [0.717, 1.165) is 12.8 Å². The molecule has 0 aliphatic rings. The normalized spacial score (nSPS) is 12.0. The van der Waals surface area contributed by atoms with Gasteiger partial charge in [-0.3, -0.25) is 5.32 Å². The highest BCUT2D eigenvalue weighted by Gasteiger charge is 2.11. The Morgan fingerprint density at radius 2 is 1.82 bits per heavy atom. The van der Waals surface area contributed by atoms with Crippen molar-refractivity contribution in [3.05, 3.63) is 0 Å². The molecule has 0 aromatic carbocycles. The molecule has 0 radical (unpaired) electrons. The van der Waals surface area contributed by atoms with E-state index in [-0.39, 0.29) is 0 Å². The first-order valence-electron chi connectivity index (χ1n) is 4.26. The Kier molecular flexibility index (Phi) is 5.46. The lowest BCUT2D eigenvalue weighted by Gasteiger charge is -2.16. The number of rotatable bonds is 6. The van der Waals surface area contributed by atoms with Gasteiger partial charge in [0.1, 0.15) is 0 Å². The van der Waals surface area contributed by atoms with Crippen LogP contribution in [0.25, 0.3) is 0 Å². The van der Waals surface area contributed by atoms with E-state index < -0.39 is 5.91 Å². The monoisotopic (exact) mass is 161 g/mol. The summed E-state index contributed by atoms with van der Waals surface area (Å²) in [5, 5.41) is 20.2. The van der Waals surface area contributed by atoms with E-state index in [1.165, 1.54) is 19.8 Å². The van der Waals surface area contributed by atoms with Gasteiger partial charge in [0.05, 0.1) is 0 Å². The maximum atomic E-state index is 8.82. The zero-order valence-corrected chi connectivity index (χ0v) is 7.43. The Bertz CT molecular complexity index is 88.6. The van der Waals surface area contributed by atoms with Crippen LogP contribution in [0.4, 0.5) is 0 Å². The third-order valence-corrected chi connectivity index (χ3v) is 1.49. The van der Waals surface area contributed by atoms with Crippen LogP contribution in [-0.2, 0) is 0 Å². The molecule has 68 valence electrons. The summed E-state index contributed by atoms with van der Waals surface area (Å²) in [4.78, 5) is 0. The van der Waals surface area contributed by atoms with Crippen LogP contribution in [0.2, 0.25) is 0 Å². The van der Waals surface area contributed by atoms with Gasteiger partial charge in [0.25, 0.3) is 0 Å². The maximum Gasteiger partial charge on any atom is 0.219 e. The molecule has 0 rings (SSSR count). The van der Waals surface area contributed by atoms with Crippen molar-refractivity contribution in [2.24, 2.45) is 0 Å². The van der Waals surface area contributed by atoms with Gasteiger partial charge in [-0.2, -0.15) is 0 Å². The molecule has 0 aliphatic carbocycles. The first-order valence-corrected chi connectivity index (χ1v) is 4.26. The number of nitrogens with one attached hydrogen (secondary N) is 1. The first kappa shape index (κ1) is 10.9. The lowest BCUT2D eigenvalue weighted by Crippen LogP contribution is -2.42. The predicted octanol–water partition coefficient (Wildman–Crippen LogP) is 0.815. The van der Waals surface area contributed by atoms with Crippen molar-refractivity contribution in [1.82, 2.24) is 5.32 Å². The van der Waals surface area contributed by atoms with Gasteiger partial charge in [0, 0.05) is 13.5 Å². The summed E-state index contributed by atoms with van der Waals surface area (Å²) in [5.74, 6) is -1.70. The van der Waals surface area contributed by atoms with Gasteiger partial charge in [-0.1, -0.05) is 26.2 Å². The fourth-order valence-corrected chi connectivity index (χ4v) is 0.877. The molecular weight excluding hydrogens is 142 g/mol. The highest BCUT2D eigenvalue weighted by molar-refractivity contribution is 4.53. The largest absolute Gasteiger partial charge is 0.354 e. The number of hydrogen-bond donors (Lipinski definition) is 3. The van der Waals surface area contributed by atoms with Gasteiger partial charge in [0.2, 0.25) is 5.91 Å². The molecule has 0 atom stereocenters. The highest BCUT2D eigenvalue weighted by atomic mass is 16.5. The topological polar surface area (TPSA) is 52.5 Å². The fraction of sp³-hybridized carbons (Fsp3) is 1.00. The summed E-state index contributed by atoms with van der Waals surface area (Å²) in [6, 6.07) is 0. The predicted molar refractivity (Wildman–Crippen MR) is 45.0 cm³/mol. The molecule has 0 spiro atoms. The quantitative estimate of drug-likeness (QED) is 0.399. The van der Waals surface area contributed by atoms with Gasteiger partial charge in [-0.05, 0) is 6.42 Å². The van der Waals surface area contributed by atoms with Gasteiger partial charge in [-0.15, -0.1) is 0 Å². The lowest BCUT2D eigenvalue weighted by atomic mass is 10.2. The van der Waals surface area contributed by atoms with Gasteiger partial charge in [0.15, 0.2) is 0 Å². The van der Waals surface area contributed by atoms with E-state index in [0.29, 0.717) is 6.54 Å². The Labute approximate surface area is 68.4 Å². The Morgan fingerprint density at radius 1 is 1.18 bits per heavy atom. The summed E-state index contributed by atoms with van der Waals surface area (Å²) >= 11 is 0. The van der Waals surface area contributed by atoms with E-state index in [1.54, 1.807) is 0 Å². The van der Waals surface area contributed by atoms with E-state index in [2.05, 4.69) is 12.2 Å². The third-order valence-electron chi connectivity index (χ3n) is 1.49. The van der Waals surface area contributed by atoms with Crippen LogP contribution < -0.4 is 5.32 Å². The Balaban J connectivity index is 3.02. The molecule has 0 unspecified atom stereocenters. The zero-order valence-electron chi connectivity index (χ0n) is 7.43. The van der Waals surface area contributed by atoms with Crippen molar-refractivity contribution in [1.29, 1.82) is 0 Å². The van der Waals surface area contributed by atoms with Crippen molar-refractivity contribution in [3.63, 3.8) is 0 Å². The molecule has 0 aliphatic heterocycles. The Hall–Kier alpha value is -0.120. The standard InChI is InChI=1S/C8H19NO2/c1-3-4-5-6-7-9-8(2,10)11/h9-11H,3-7H2,1-2H3. The molecule has 0 saturated heterocycles. The van der Waals surface area contributed by atoms with Crippen LogP contribution in [0, 0.1) is 0 Å². The van der Waals surface area contributed by atoms with Crippen molar-refractivity contribution >= 4 is 0 Å². The molecule has 0 aromatic rings. The van der Waals surface area contributed by atoms with Gasteiger partial charge >= 0.3 is 0 Å². The lowest BCUT2D eigenvalue weighted by molar-refractivity contribution is -0.169. The minimum atomic E-state index is -1.70. The molecule has 3 heteroatoms. The van der Waals surface area contributed by atoms with Crippen molar-refractivity contribution in [2.75, 3.05) is 6.54 Å². The van der Waals surface area contributed by atoms with Crippen LogP contribution in [0.1, 0.15) is 39.5 Å². The van der Waals surface area contributed by atoms with Crippen LogP contribution in [0.3, 0.4) is 0 Å². The summed E-state index contributed by atoms with van der Waals surface area (Å²) in [6.07, 6.45) is 4.58. The van der Waals surface area contributed by atoms with E-state index in [1.807, 2.05) is 0 Å². The molecule has 0 aromatic heterocycles. The molecular formula is C8H19NO2. The minimum absolute atomic E-state index is 0.670. The van der Waals surface area contributed by atoms with Crippen LogP contribution in [0.5, 0.6) is 0 Å². The third kappa shape index (κ3) is 9.88. The van der Waals surface area contributed by atoms with E-state index in [9.17, 15) is 0 Å². The second kappa shape index (κ2) is 5.52. The highest BCUT2D eigenvalue weighted by Crippen LogP contribution is 1.98. The van der Waals surface area contributed by atoms with Crippen molar-refractivity contribution in [3.8, 4) is 0 Å². The van der Waals surface area contributed by atoms with Crippen molar-refractivity contribution in [2.45, 2.75) is 45.4 Å². The first-order chi connectivity index (χ1) is 5.06. The molecule has 0 fully saturated rings. The Morgan fingerprint density at radius 3 is 2.27 bits per heavy atom.